The van der Waals surface area contributed by atoms with Gasteiger partial charge in [0.2, 0.25) is 0 Å². The largest absolute Gasteiger partial charge is 0.494 e. The first-order valence-electron chi connectivity index (χ1n) is 12.5. The molecule has 0 saturated carbocycles. The van der Waals surface area contributed by atoms with Crippen LogP contribution >= 0.6 is 0 Å². The molecule has 4 heteroatoms. The van der Waals surface area contributed by atoms with Crippen LogP contribution in [0.25, 0.3) is 5.57 Å². The van der Waals surface area contributed by atoms with Crippen LogP contribution in [-0.4, -0.2) is 37.6 Å². The van der Waals surface area contributed by atoms with Gasteiger partial charge >= 0.3 is 0 Å². The summed E-state index contributed by atoms with van der Waals surface area (Å²) < 4.78 is 17.1. The molecule has 1 saturated heterocycles. The van der Waals surface area contributed by atoms with Gasteiger partial charge in [-0.1, -0.05) is 60.7 Å². The molecule has 2 aliphatic carbocycles. The van der Waals surface area contributed by atoms with E-state index < -0.39 is 0 Å². The standard InChI is InChI=1S/C31H30O4/c32-18-5-19-33-24-14-10-22(11-15-24)31(23-12-16-25(17-13-23)34-20-26-21-35-26)29-8-3-1-6-27(29)28-7-2-4-9-30(28)31/h1-3,6-8,10-17,26,32H,4-5,9,18-21H2. The molecule has 1 aliphatic heterocycles. The summed E-state index contributed by atoms with van der Waals surface area (Å²) in [5, 5.41) is 9.07. The normalized spacial score (nSPS) is 22.0. The summed E-state index contributed by atoms with van der Waals surface area (Å²) in [6, 6.07) is 26.0. The Morgan fingerprint density at radius 1 is 0.886 bits per heavy atom. The van der Waals surface area contributed by atoms with Crippen LogP contribution in [-0.2, 0) is 10.2 Å². The molecular formula is C31H30O4. The van der Waals surface area contributed by atoms with Crippen LogP contribution in [0.2, 0.25) is 0 Å². The van der Waals surface area contributed by atoms with E-state index >= 15 is 0 Å². The highest BCUT2D eigenvalue weighted by molar-refractivity contribution is 5.90. The minimum atomic E-state index is -0.363. The van der Waals surface area contributed by atoms with Crippen LogP contribution in [0.5, 0.6) is 11.5 Å². The van der Waals surface area contributed by atoms with Crippen molar-refractivity contribution in [2.24, 2.45) is 0 Å². The molecule has 2 atom stereocenters. The first kappa shape index (κ1) is 22.1. The molecular weight excluding hydrogens is 436 g/mol. The van der Waals surface area contributed by atoms with Crippen molar-refractivity contribution in [2.45, 2.75) is 30.8 Å². The maximum absolute atomic E-state index is 9.07. The molecule has 0 spiro atoms. The molecule has 0 radical (unpaired) electrons. The van der Waals surface area contributed by atoms with Crippen LogP contribution in [0.3, 0.4) is 0 Å². The maximum atomic E-state index is 9.07. The SMILES string of the molecule is OCCCOc1ccc(C2(c3ccc(OCC4CO4)cc3)C3=C(C=CCC3)c3ccccc32)cc1. The van der Waals surface area contributed by atoms with Gasteiger partial charge in [0.05, 0.1) is 18.6 Å². The van der Waals surface area contributed by atoms with Crippen molar-refractivity contribution < 1.29 is 19.3 Å². The van der Waals surface area contributed by atoms with Crippen molar-refractivity contribution >= 4 is 5.57 Å². The fourth-order valence-electron chi connectivity index (χ4n) is 5.55. The summed E-state index contributed by atoms with van der Waals surface area (Å²) in [7, 11) is 0. The summed E-state index contributed by atoms with van der Waals surface area (Å²) in [6.07, 6.45) is 7.52. The Bertz CT molecular complexity index is 1250. The molecule has 1 heterocycles. The van der Waals surface area contributed by atoms with Gasteiger partial charge in [-0.25, -0.2) is 0 Å². The van der Waals surface area contributed by atoms with E-state index in [1.54, 1.807) is 0 Å². The highest BCUT2D eigenvalue weighted by Crippen LogP contribution is 2.57. The zero-order valence-electron chi connectivity index (χ0n) is 19.8. The predicted octanol–water partition coefficient (Wildman–Crippen LogP) is 5.68. The van der Waals surface area contributed by atoms with E-state index in [0.29, 0.717) is 19.6 Å². The van der Waals surface area contributed by atoms with Crippen LogP contribution in [0, 0.1) is 0 Å². The summed E-state index contributed by atoms with van der Waals surface area (Å²) in [5.74, 6) is 1.70. The number of rotatable bonds is 9. The zero-order valence-corrected chi connectivity index (χ0v) is 19.8. The van der Waals surface area contributed by atoms with Gasteiger partial charge in [0.15, 0.2) is 0 Å². The third kappa shape index (κ3) is 3.97. The average molecular weight is 467 g/mol. The number of hydrogen-bond acceptors (Lipinski definition) is 4. The average Bonchev–Trinajstić information content (AvgIpc) is 3.70. The number of allylic oxidation sites excluding steroid dienone is 4. The third-order valence-electron chi connectivity index (χ3n) is 7.23. The number of benzene rings is 3. The summed E-state index contributed by atoms with van der Waals surface area (Å²) in [4.78, 5) is 0. The number of hydrogen-bond donors (Lipinski definition) is 1. The lowest BCUT2D eigenvalue weighted by Crippen LogP contribution is -2.30. The van der Waals surface area contributed by atoms with Gasteiger partial charge in [-0.2, -0.15) is 0 Å². The zero-order chi connectivity index (χ0) is 23.7. The van der Waals surface area contributed by atoms with E-state index in [1.807, 2.05) is 0 Å². The Balaban J connectivity index is 1.46. The Hall–Kier alpha value is -3.34. The molecule has 2 unspecified atom stereocenters. The molecule has 6 rings (SSSR count). The Labute approximate surface area is 206 Å². The van der Waals surface area contributed by atoms with Gasteiger partial charge in [0.25, 0.3) is 0 Å². The van der Waals surface area contributed by atoms with Gasteiger partial charge in [-0.15, -0.1) is 0 Å². The highest BCUT2D eigenvalue weighted by atomic mass is 16.6. The third-order valence-corrected chi connectivity index (χ3v) is 7.23. The minimum Gasteiger partial charge on any atom is -0.494 e. The molecule has 178 valence electrons. The number of aliphatic hydroxyl groups is 1. The second kappa shape index (κ2) is 9.37. The molecule has 4 nitrogen and oxygen atoms in total. The number of fused-ring (bicyclic) bond motifs is 2. The fraction of sp³-hybridized carbons (Fsp3) is 0.290. The molecule has 3 aromatic rings. The van der Waals surface area contributed by atoms with E-state index in [0.717, 1.165) is 30.9 Å². The molecule has 3 aromatic carbocycles. The quantitative estimate of drug-likeness (QED) is 0.326. The molecule has 35 heavy (non-hydrogen) atoms. The maximum Gasteiger partial charge on any atom is 0.119 e. The van der Waals surface area contributed by atoms with Crippen molar-refractivity contribution in [1.82, 2.24) is 0 Å². The lowest BCUT2D eigenvalue weighted by Gasteiger charge is -2.36. The first-order valence-corrected chi connectivity index (χ1v) is 12.5. The fourth-order valence-corrected chi connectivity index (χ4v) is 5.55. The van der Waals surface area contributed by atoms with Gasteiger partial charge in [0, 0.05) is 13.0 Å². The molecule has 0 aromatic heterocycles. The Kier molecular flexibility index (Phi) is 5.93. The lowest BCUT2D eigenvalue weighted by atomic mass is 9.65. The number of aliphatic hydroxyl groups excluding tert-OH is 1. The van der Waals surface area contributed by atoms with Gasteiger partial charge in [0.1, 0.15) is 24.2 Å². The summed E-state index contributed by atoms with van der Waals surface area (Å²) in [5.41, 5.74) is 7.56. The monoisotopic (exact) mass is 466 g/mol. The molecule has 3 aliphatic rings. The van der Waals surface area contributed by atoms with E-state index in [1.165, 1.54) is 33.4 Å². The van der Waals surface area contributed by atoms with E-state index in [4.69, 9.17) is 19.3 Å². The highest BCUT2D eigenvalue weighted by Gasteiger charge is 2.47. The predicted molar refractivity (Wildman–Crippen MR) is 137 cm³/mol. The van der Waals surface area contributed by atoms with Crippen LogP contribution in [0.1, 0.15) is 41.5 Å². The van der Waals surface area contributed by atoms with Crippen LogP contribution in [0.15, 0.2) is 90.5 Å². The second-order valence-corrected chi connectivity index (χ2v) is 9.37. The van der Waals surface area contributed by atoms with Crippen LogP contribution in [0.4, 0.5) is 0 Å². The van der Waals surface area contributed by atoms with Crippen molar-refractivity contribution in [3.05, 3.63) is 113 Å². The molecule has 0 amide bonds. The van der Waals surface area contributed by atoms with E-state index in [9.17, 15) is 0 Å². The van der Waals surface area contributed by atoms with Gasteiger partial charge < -0.3 is 19.3 Å². The van der Waals surface area contributed by atoms with E-state index in [-0.39, 0.29) is 18.1 Å². The van der Waals surface area contributed by atoms with Crippen molar-refractivity contribution in [2.75, 3.05) is 26.4 Å². The Morgan fingerprint density at radius 2 is 1.57 bits per heavy atom. The topological polar surface area (TPSA) is 51.2 Å². The molecule has 1 N–H and O–H groups in total. The van der Waals surface area contributed by atoms with Crippen molar-refractivity contribution in [3.8, 4) is 11.5 Å². The smallest absolute Gasteiger partial charge is 0.119 e. The summed E-state index contributed by atoms with van der Waals surface area (Å²) >= 11 is 0. The van der Waals surface area contributed by atoms with Crippen molar-refractivity contribution in [3.63, 3.8) is 0 Å². The van der Waals surface area contributed by atoms with Crippen LogP contribution < -0.4 is 9.47 Å². The van der Waals surface area contributed by atoms with E-state index in [2.05, 4.69) is 84.9 Å². The van der Waals surface area contributed by atoms with Gasteiger partial charge in [-0.3, -0.25) is 0 Å². The minimum absolute atomic E-state index is 0.135. The number of epoxide rings is 1. The number of ether oxygens (including phenoxy) is 3. The Morgan fingerprint density at radius 3 is 2.26 bits per heavy atom. The molecule has 1 fully saturated rings. The molecule has 0 bridgehead atoms. The second-order valence-electron chi connectivity index (χ2n) is 9.37. The lowest BCUT2D eigenvalue weighted by molar-refractivity contribution is 0.233. The van der Waals surface area contributed by atoms with Gasteiger partial charge in [-0.05, 0) is 70.5 Å². The summed E-state index contributed by atoms with van der Waals surface area (Å²) in [6.45, 7) is 2.04. The van der Waals surface area contributed by atoms with Crippen molar-refractivity contribution in [1.29, 1.82) is 0 Å². The first-order chi connectivity index (χ1) is 17.3.